The van der Waals surface area contributed by atoms with Crippen molar-refractivity contribution in [3.8, 4) is 17.2 Å². The van der Waals surface area contributed by atoms with Crippen LogP contribution in [0, 0.1) is 11.7 Å². The van der Waals surface area contributed by atoms with E-state index in [0.717, 1.165) is 24.3 Å². The van der Waals surface area contributed by atoms with Crippen molar-refractivity contribution < 1.29 is 31.3 Å². The number of carbonyl (C=O) groups excluding carboxylic acids is 1. The molecule has 192 valence electrons. The number of anilines is 1. The lowest BCUT2D eigenvalue weighted by molar-refractivity contribution is 0.201. The molecule has 0 aliphatic rings. The molecule has 36 heavy (non-hydrogen) atoms. The molecule has 0 spiro atoms. The summed E-state index contributed by atoms with van der Waals surface area (Å²) >= 11 is 0. The molecule has 3 rings (SSSR count). The molecule has 0 saturated heterocycles. The third kappa shape index (κ3) is 7.11. The predicted molar refractivity (Wildman–Crippen MR) is 134 cm³/mol. The quantitative estimate of drug-likeness (QED) is 0.368. The van der Waals surface area contributed by atoms with Gasteiger partial charge in [0.05, 0.1) is 19.9 Å². The van der Waals surface area contributed by atoms with Crippen LogP contribution in [0.2, 0.25) is 0 Å². The van der Waals surface area contributed by atoms with E-state index in [4.69, 9.17) is 13.7 Å². The molecule has 3 aromatic rings. The molecule has 8 nitrogen and oxygen atoms in total. The Hall–Kier alpha value is -3.79. The van der Waals surface area contributed by atoms with Crippen molar-refractivity contribution in [2.75, 3.05) is 26.1 Å². The third-order valence-corrected chi connectivity index (χ3v) is 6.36. The fourth-order valence-electron chi connectivity index (χ4n) is 3.45. The maximum Gasteiger partial charge on any atom is 0.339 e. The molecule has 0 unspecified atom stereocenters. The number of methoxy groups -OCH3 is 2. The average Bonchev–Trinajstić information content (AvgIpc) is 2.83. The van der Waals surface area contributed by atoms with Gasteiger partial charge in [-0.15, -0.1) is 0 Å². The standard InChI is InChI=1S/C26H29FN2O6S/c1-18(2)16-29(26(30)28-24-13-10-21(33-3)15-25(24)34-4)17-19-6-5-7-22(14-19)35-36(31,32)23-11-8-20(27)9-12-23/h5-15,18H,16-17H2,1-4H3,(H,28,30). The molecule has 0 heterocycles. The highest BCUT2D eigenvalue weighted by Gasteiger charge is 2.20. The lowest BCUT2D eigenvalue weighted by Crippen LogP contribution is -2.37. The predicted octanol–water partition coefficient (Wildman–Crippen LogP) is 5.30. The maximum atomic E-state index is 13.2. The van der Waals surface area contributed by atoms with Crippen LogP contribution in [0.3, 0.4) is 0 Å². The minimum atomic E-state index is -4.15. The molecule has 0 aliphatic heterocycles. The molecule has 0 saturated carbocycles. The molecular formula is C26H29FN2O6S. The van der Waals surface area contributed by atoms with Crippen LogP contribution in [0.25, 0.3) is 0 Å². The molecule has 0 aromatic heterocycles. The van der Waals surface area contributed by atoms with Crippen molar-refractivity contribution in [1.29, 1.82) is 0 Å². The molecule has 0 atom stereocenters. The second-order valence-electron chi connectivity index (χ2n) is 8.41. The Bertz CT molecular complexity index is 1300. The van der Waals surface area contributed by atoms with E-state index < -0.39 is 15.9 Å². The first-order chi connectivity index (χ1) is 17.1. The van der Waals surface area contributed by atoms with Gasteiger partial charge in [-0.25, -0.2) is 9.18 Å². The van der Waals surface area contributed by atoms with E-state index in [9.17, 15) is 17.6 Å². The van der Waals surface area contributed by atoms with Crippen LogP contribution >= 0.6 is 0 Å². The van der Waals surface area contributed by atoms with E-state index in [1.807, 2.05) is 13.8 Å². The summed E-state index contributed by atoms with van der Waals surface area (Å²) in [5.41, 5.74) is 1.15. The molecule has 0 bridgehead atoms. The average molecular weight is 517 g/mol. The van der Waals surface area contributed by atoms with Gasteiger partial charge in [0.25, 0.3) is 0 Å². The van der Waals surface area contributed by atoms with Crippen LogP contribution in [-0.2, 0) is 16.7 Å². The van der Waals surface area contributed by atoms with Crippen molar-refractivity contribution in [1.82, 2.24) is 4.90 Å². The van der Waals surface area contributed by atoms with Gasteiger partial charge in [-0.2, -0.15) is 8.42 Å². The molecule has 0 fully saturated rings. The molecule has 0 aliphatic carbocycles. The number of nitrogens with zero attached hydrogens (tertiary/aromatic N) is 1. The van der Waals surface area contributed by atoms with E-state index in [2.05, 4.69) is 5.32 Å². The fourth-order valence-corrected chi connectivity index (χ4v) is 4.37. The summed E-state index contributed by atoms with van der Waals surface area (Å²) in [7, 11) is -1.10. The molecular weight excluding hydrogens is 487 g/mol. The maximum absolute atomic E-state index is 13.2. The number of benzene rings is 3. The Kier molecular flexibility index (Phi) is 8.76. The molecule has 0 radical (unpaired) electrons. The lowest BCUT2D eigenvalue weighted by atomic mass is 10.1. The highest BCUT2D eigenvalue weighted by Crippen LogP contribution is 2.29. The number of rotatable bonds is 10. The topological polar surface area (TPSA) is 94.2 Å². The van der Waals surface area contributed by atoms with Crippen LogP contribution in [0.4, 0.5) is 14.9 Å². The van der Waals surface area contributed by atoms with Crippen LogP contribution in [0.15, 0.2) is 71.6 Å². The largest absolute Gasteiger partial charge is 0.497 e. The summed E-state index contributed by atoms with van der Waals surface area (Å²) in [6.07, 6.45) is 0. The number of hydrogen-bond donors (Lipinski definition) is 1. The first kappa shape index (κ1) is 26.8. The van der Waals surface area contributed by atoms with Crippen LogP contribution in [0.5, 0.6) is 17.2 Å². The normalized spacial score (nSPS) is 11.2. The van der Waals surface area contributed by atoms with Gasteiger partial charge in [-0.05, 0) is 60.0 Å². The Morgan fingerprint density at radius 1 is 0.972 bits per heavy atom. The van der Waals surface area contributed by atoms with Crippen LogP contribution < -0.4 is 19.0 Å². The minimum Gasteiger partial charge on any atom is -0.497 e. The van der Waals surface area contributed by atoms with E-state index in [-0.39, 0.29) is 29.1 Å². The fraction of sp³-hybridized carbons (Fsp3) is 0.269. The van der Waals surface area contributed by atoms with Crippen LogP contribution in [0.1, 0.15) is 19.4 Å². The Morgan fingerprint density at radius 2 is 1.69 bits per heavy atom. The zero-order valence-corrected chi connectivity index (χ0v) is 21.3. The van der Waals surface area contributed by atoms with Crippen molar-refractivity contribution in [2.45, 2.75) is 25.3 Å². The molecule has 3 aromatic carbocycles. The van der Waals surface area contributed by atoms with Crippen molar-refractivity contribution in [2.24, 2.45) is 5.92 Å². The summed E-state index contributed by atoms with van der Waals surface area (Å²) < 4.78 is 54.1. The summed E-state index contributed by atoms with van der Waals surface area (Å²) in [5, 5.41) is 2.87. The monoisotopic (exact) mass is 516 g/mol. The van der Waals surface area contributed by atoms with Gasteiger partial charge in [0.2, 0.25) is 0 Å². The second kappa shape index (κ2) is 11.8. The summed E-state index contributed by atoms with van der Waals surface area (Å²) in [6, 6.07) is 15.6. The van der Waals surface area contributed by atoms with Gasteiger partial charge in [-0.3, -0.25) is 0 Å². The van der Waals surface area contributed by atoms with Gasteiger partial charge < -0.3 is 23.9 Å². The van der Waals surface area contributed by atoms with Gasteiger partial charge in [0.15, 0.2) is 0 Å². The number of urea groups is 1. The second-order valence-corrected chi connectivity index (χ2v) is 9.96. The lowest BCUT2D eigenvalue weighted by Gasteiger charge is -2.25. The smallest absolute Gasteiger partial charge is 0.339 e. The summed E-state index contributed by atoms with van der Waals surface area (Å²) in [5.74, 6) is 0.752. The Labute approximate surface area is 210 Å². The van der Waals surface area contributed by atoms with E-state index >= 15 is 0 Å². The van der Waals surface area contributed by atoms with Crippen molar-refractivity contribution >= 4 is 21.8 Å². The zero-order chi connectivity index (χ0) is 26.3. The van der Waals surface area contributed by atoms with E-state index in [0.29, 0.717) is 29.3 Å². The zero-order valence-electron chi connectivity index (χ0n) is 20.5. The summed E-state index contributed by atoms with van der Waals surface area (Å²) in [4.78, 5) is 14.6. The Balaban J connectivity index is 1.78. The van der Waals surface area contributed by atoms with Crippen molar-refractivity contribution in [3.05, 3.63) is 78.1 Å². The number of amides is 2. The van der Waals surface area contributed by atoms with Gasteiger partial charge >= 0.3 is 16.1 Å². The molecule has 10 heteroatoms. The minimum absolute atomic E-state index is 0.0820. The van der Waals surface area contributed by atoms with Crippen LogP contribution in [-0.4, -0.2) is 40.1 Å². The number of halogens is 1. The SMILES string of the molecule is COc1ccc(NC(=O)N(Cc2cccc(OS(=O)(=O)c3ccc(F)cc3)c2)CC(C)C)c(OC)c1. The highest BCUT2D eigenvalue weighted by molar-refractivity contribution is 7.87. The third-order valence-electron chi connectivity index (χ3n) is 5.10. The van der Waals surface area contributed by atoms with Gasteiger partial charge in [-0.1, -0.05) is 26.0 Å². The molecule has 2 amide bonds. The van der Waals surface area contributed by atoms with Gasteiger partial charge in [0.1, 0.15) is 28.0 Å². The molecule has 1 N–H and O–H groups in total. The van der Waals surface area contributed by atoms with Gasteiger partial charge in [0, 0.05) is 19.2 Å². The highest BCUT2D eigenvalue weighted by atomic mass is 32.2. The number of nitrogens with one attached hydrogen (secondary N) is 1. The summed E-state index contributed by atoms with van der Waals surface area (Å²) in [6.45, 7) is 4.63. The van der Waals surface area contributed by atoms with E-state index in [1.165, 1.54) is 13.2 Å². The number of hydrogen-bond acceptors (Lipinski definition) is 6. The first-order valence-electron chi connectivity index (χ1n) is 11.2. The first-order valence-corrected chi connectivity index (χ1v) is 12.6. The van der Waals surface area contributed by atoms with E-state index in [1.54, 1.807) is 48.4 Å². The Morgan fingerprint density at radius 3 is 2.33 bits per heavy atom. The number of ether oxygens (including phenoxy) is 2. The number of carbonyl (C=O) groups is 1. The van der Waals surface area contributed by atoms with Crippen molar-refractivity contribution in [3.63, 3.8) is 0 Å².